The Balaban J connectivity index is 1.27. The number of hydrogen-bond acceptors (Lipinski definition) is 0. The predicted octanol–water partition coefficient (Wildman–Crippen LogP) is 11.8. The van der Waals surface area contributed by atoms with Gasteiger partial charge in [0.1, 0.15) is 16.1 Å². The van der Waals surface area contributed by atoms with Crippen LogP contribution in [-0.2, 0) is 0 Å². The van der Waals surface area contributed by atoms with Gasteiger partial charge in [-0.3, -0.25) is 0 Å². The molecule has 0 N–H and O–H groups in total. The van der Waals surface area contributed by atoms with Crippen LogP contribution in [0.5, 0.6) is 0 Å². The van der Waals surface area contributed by atoms with Gasteiger partial charge < -0.3 is 0 Å². The summed E-state index contributed by atoms with van der Waals surface area (Å²) in [6.07, 6.45) is 0. The molecule has 2 aliphatic heterocycles. The van der Waals surface area contributed by atoms with Gasteiger partial charge in [-0.25, -0.2) is 0 Å². The van der Waals surface area contributed by atoms with Crippen molar-refractivity contribution in [2.24, 2.45) is 0 Å². The van der Waals surface area contributed by atoms with Crippen LogP contribution in [0.3, 0.4) is 0 Å². The highest BCUT2D eigenvalue weighted by Gasteiger charge is 2.40. The minimum Gasteiger partial charge on any atom is -0.0623 e. The first-order chi connectivity index (χ1) is 26.3. The molecule has 0 saturated carbocycles. The Bertz CT molecular complexity index is 2890. The standard InChI is InChI=1S/C52H40Si2/c1-53(2)46-25-9-7-17-42(46)51-38(23-13-27-48(51)53)36-19-11-21-40-44(36)32-45-37(39-24-14-28-49-52(39)43-18-8-10-26-47(43)54(49,3)4)20-12-22-41(45)50(40)35-30-29-33-15-5-6-16-34(33)31-35/h5-32H,1-4H3. The molecule has 0 bridgehead atoms. The molecule has 2 heteroatoms. The van der Waals surface area contributed by atoms with Crippen molar-refractivity contribution in [1.82, 2.24) is 0 Å². The minimum absolute atomic E-state index is 1.26. The van der Waals surface area contributed by atoms with Crippen molar-refractivity contribution in [2.75, 3.05) is 0 Å². The minimum atomic E-state index is -1.85. The predicted molar refractivity (Wildman–Crippen MR) is 240 cm³/mol. The Morgan fingerprint density at radius 1 is 0.278 bits per heavy atom. The van der Waals surface area contributed by atoms with Crippen molar-refractivity contribution >= 4 is 69.2 Å². The number of hydrogen-bond donors (Lipinski definition) is 0. The summed E-state index contributed by atoms with van der Waals surface area (Å²) in [6, 6.07) is 64.9. The number of fused-ring (bicyclic) bond motifs is 9. The van der Waals surface area contributed by atoms with Crippen molar-refractivity contribution in [2.45, 2.75) is 26.2 Å². The molecule has 2 heterocycles. The van der Waals surface area contributed by atoms with Gasteiger partial charge in [-0.1, -0.05) is 184 Å². The zero-order valence-corrected chi connectivity index (χ0v) is 33.2. The normalized spacial score (nSPS) is 14.6. The highest BCUT2D eigenvalue weighted by Crippen LogP contribution is 2.47. The fourth-order valence-corrected chi connectivity index (χ4v) is 16.4. The van der Waals surface area contributed by atoms with Gasteiger partial charge in [0.15, 0.2) is 0 Å². The second-order valence-electron chi connectivity index (χ2n) is 16.4. The zero-order chi connectivity index (χ0) is 36.3. The van der Waals surface area contributed by atoms with Crippen LogP contribution in [0, 0.1) is 0 Å². The molecule has 9 aromatic rings. The summed E-state index contributed by atoms with van der Waals surface area (Å²) < 4.78 is 0. The maximum absolute atomic E-state index is 2.53. The molecule has 54 heavy (non-hydrogen) atoms. The summed E-state index contributed by atoms with van der Waals surface area (Å²) in [6.45, 7) is 10.1. The lowest BCUT2D eigenvalue weighted by molar-refractivity contribution is 1.64. The molecular formula is C52H40Si2. The van der Waals surface area contributed by atoms with Gasteiger partial charge in [0, 0.05) is 0 Å². The molecule has 256 valence electrons. The van der Waals surface area contributed by atoms with Gasteiger partial charge in [-0.2, -0.15) is 0 Å². The van der Waals surface area contributed by atoms with Gasteiger partial charge >= 0.3 is 0 Å². The summed E-state index contributed by atoms with van der Waals surface area (Å²) in [5.74, 6) is 0. The van der Waals surface area contributed by atoms with Crippen molar-refractivity contribution in [1.29, 1.82) is 0 Å². The summed E-state index contributed by atoms with van der Waals surface area (Å²) >= 11 is 0. The van der Waals surface area contributed by atoms with Crippen molar-refractivity contribution in [3.63, 3.8) is 0 Å². The highest BCUT2D eigenvalue weighted by molar-refractivity contribution is 7.04. The maximum atomic E-state index is 2.53. The van der Waals surface area contributed by atoms with E-state index in [0.717, 1.165) is 0 Å². The van der Waals surface area contributed by atoms with Crippen molar-refractivity contribution in [3.8, 4) is 55.6 Å². The van der Waals surface area contributed by atoms with E-state index in [4.69, 9.17) is 0 Å². The SMILES string of the molecule is C[Si]1(C)c2ccccc2-c2c(-c3cccc4c(-c5ccc6ccccc6c5)c5cccc(-c6cccc7c6-c6ccccc6[Si]7(C)C)c5cc34)cccc21. The van der Waals surface area contributed by atoms with Crippen LogP contribution < -0.4 is 20.7 Å². The smallest absolute Gasteiger partial charge is 0.0623 e. The van der Waals surface area contributed by atoms with Crippen LogP contribution in [0.2, 0.25) is 26.2 Å². The quantitative estimate of drug-likeness (QED) is 0.126. The first-order valence-electron chi connectivity index (χ1n) is 19.3. The van der Waals surface area contributed by atoms with Gasteiger partial charge in [-0.05, 0) is 121 Å². The molecule has 0 fully saturated rings. The third-order valence-electron chi connectivity index (χ3n) is 12.9. The largest absolute Gasteiger partial charge is 0.113 e. The van der Waals surface area contributed by atoms with Gasteiger partial charge in [0.2, 0.25) is 0 Å². The lowest BCUT2D eigenvalue weighted by Gasteiger charge is -2.21. The lowest BCUT2D eigenvalue weighted by atomic mass is 9.84. The van der Waals surface area contributed by atoms with Crippen LogP contribution >= 0.6 is 0 Å². The van der Waals surface area contributed by atoms with E-state index in [-0.39, 0.29) is 0 Å². The third-order valence-corrected chi connectivity index (χ3v) is 20.0. The molecule has 0 aliphatic carbocycles. The third kappa shape index (κ3) is 4.30. The first kappa shape index (κ1) is 31.7. The summed E-state index contributed by atoms with van der Waals surface area (Å²) in [7, 11) is -3.69. The molecule has 11 rings (SSSR count). The monoisotopic (exact) mass is 720 g/mol. The molecule has 0 nitrogen and oxygen atoms in total. The average molecular weight is 721 g/mol. The van der Waals surface area contributed by atoms with Crippen LogP contribution in [0.15, 0.2) is 170 Å². The molecule has 9 aromatic carbocycles. The summed E-state index contributed by atoms with van der Waals surface area (Å²) in [5.41, 5.74) is 13.6. The topological polar surface area (TPSA) is 0 Å². The van der Waals surface area contributed by atoms with E-state index in [1.807, 2.05) is 0 Å². The van der Waals surface area contributed by atoms with E-state index in [1.54, 1.807) is 20.7 Å². The zero-order valence-electron chi connectivity index (χ0n) is 31.2. The average Bonchev–Trinajstić information content (AvgIpc) is 3.59. The molecule has 0 radical (unpaired) electrons. The second-order valence-corrected chi connectivity index (χ2v) is 25.1. The Labute approximate surface area is 319 Å². The Hall–Kier alpha value is -5.81. The van der Waals surface area contributed by atoms with Gasteiger partial charge in [0.25, 0.3) is 0 Å². The van der Waals surface area contributed by atoms with Crippen LogP contribution in [-0.4, -0.2) is 16.1 Å². The molecule has 0 unspecified atom stereocenters. The molecule has 0 aromatic heterocycles. The Morgan fingerprint density at radius 2 is 0.704 bits per heavy atom. The van der Waals surface area contributed by atoms with E-state index in [2.05, 4.69) is 196 Å². The molecular weight excluding hydrogens is 681 g/mol. The number of rotatable bonds is 3. The molecule has 0 atom stereocenters. The molecule has 0 spiro atoms. The van der Waals surface area contributed by atoms with Crippen LogP contribution in [0.4, 0.5) is 0 Å². The van der Waals surface area contributed by atoms with E-state index in [9.17, 15) is 0 Å². The second kappa shape index (κ2) is 11.4. The van der Waals surface area contributed by atoms with Gasteiger partial charge in [-0.15, -0.1) is 0 Å². The fraction of sp³-hybridized carbons (Fsp3) is 0.0769. The molecule has 0 saturated heterocycles. The summed E-state index contributed by atoms with van der Waals surface area (Å²) in [5, 5.41) is 13.9. The van der Waals surface area contributed by atoms with E-state index >= 15 is 0 Å². The highest BCUT2D eigenvalue weighted by atomic mass is 28.3. The molecule has 2 aliphatic rings. The molecule has 0 amide bonds. The van der Waals surface area contributed by atoms with Gasteiger partial charge in [0.05, 0.1) is 0 Å². The summed E-state index contributed by atoms with van der Waals surface area (Å²) in [4.78, 5) is 0. The Kier molecular flexibility index (Phi) is 6.66. The maximum Gasteiger partial charge on any atom is 0.113 e. The van der Waals surface area contributed by atoms with Crippen LogP contribution in [0.1, 0.15) is 0 Å². The van der Waals surface area contributed by atoms with E-state index in [1.165, 1.54) is 88.0 Å². The van der Waals surface area contributed by atoms with Crippen molar-refractivity contribution < 1.29 is 0 Å². The van der Waals surface area contributed by atoms with E-state index < -0.39 is 16.1 Å². The number of benzene rings is 9. The first-order valence-corrected chi connectivity index (χ1v) is 25.3. The van der Waals surface area contributed by atoms with E-state index in [0.29, 0.717) is 0 Å². The Morgan fingerprint density at radius 3 is 1.26 bits per heavy atom. The van der Waals surface area contributed by atoms with Crippen LogP contribution in [0.25, 0.3) is 88.0 Å². The lowest BCUT2D eigenvalue weighted by Crippen LogP contribution is -2.49. The van der Waals surface area contributed by atoms with Crippen molar-refractivity contribution in [3.05, 3.63) is 170 Å². The fourth-order valence-electron chi connectivity index (χ4n) is 10.3.